The van der Waals surface area contributed by atoms with Crippen LogP contribution in [0.1, 0.15) is 32.8 Å². The summed E-state index contributed by atoms with van der Waals surface area (Å²) in [6.07, 6.45) is 0.845. The van der Waals surface area contributed by atoms with Crippen LogP contribution in [0.5, 0.6) is 0 Å². The van der Waals surface area contributed by atoms with Gasteiger partial charge in [-0.15, -0.1) is 0 Å². The van der Waals surface area contributed by atoms with Crippen LogP contribution in [0.2, 0.25) is 0 Å². The number of nitrogens with one attached hydrogen (secondary N) is 1. The van der Waals surface area contributed by atoms with E-state index < -0.39 is 41.1 Å². The molecule has 0 aromatic heterocycles. The number of likely N-dealkylation sites (tertiary alicyclic amines) is 1. The zero-order valence-electron chi connectivity index (χ0n) is 23.1. The Balaban J connectivity index is 1.47. The van der Waals surface area contributed by atoms with Crippen molar-refractivity contribution in [3.8, 4) is 0 Å². The molecule has 4 fully saturated rings. The van der Waals surface area contributed by atoms with Crippen molar-refractivity contribution in [3.63, 3.8) is 0 Å². The first-order valence-electron chi connectivity index (χ1n) is 14.2. The van der Waals surface area contributed by atoms with Gasteiger partial charge >= 0.3 is 5.97 Å². The zero-order valence-corrected chi connectivity index (χ0v) is 23.1. The maximum atomic E-state index is 14.3. The Morgan fingerprint density at radius 3 is 2.62 bits per heavy atom. The molecule has 0 saturated carbocycles. The van der Waals surface area contributed by atoms with Gasteiger partial charge in [0.25, 0.3) is 0 Å². The molecule has 1 aromatic rings. The normalized spacial score (nSPS) is 34.7. The standard InChI is InChI=1S/C29H41N3O7/c1-4-38-27(36)23-22-26(35)32(21(18-33)16-20-8-6-5-7-9-20)24(29(22)17-19(2)28(23,3)39-29)25(34)30-10-11-31-12-14-37-15-13-31/h5-9,19,21-24,33H,4,10-18H2,1-3H3,(H,30,34)/t19?,21-,22+,23-,24?,28+,29?/m1/s1. The van der Waals surface area contributed by atoms with Gasteiger partial charge in [-0.1, -0.05) is 37.3 Å². The monoisotopic (exact) mass is 543 g/mol. The third-order valence-corrected chi connectivity index (χ3v) is 9.29. The van der Waals surface area contributed by atoms with Gasteiger partial charge in [0.05, 0.1) is 44.0 Å². The van der Waals surface area contributed by atoms with Crippen molar-refractivity contribution in [2.24, 2.45) is 17.8 Å². The first kappa shape index (κ1) is 28.0. The molecule has 5 rings (SSSR count). The van der Waals surface area contributed by atoms with Crippen molar-refractivity contribution in [2.45, 2.75) is 56.9 Å². The quantitative estimate of drug-likeness (QED) is 0.413. The van der Waals surface area contributed by atoms with Gasteiger partial charge < -0.3 is 29.5 Å². The first-order chi connectivity index (χ1) is 18.8. The van der Waals surface area contributed by atoms with Gasteiger partial charge in [-0.25, -0.2) is 0 Å². The number of carbonyl (C=O) groups excluding carboxylic acids is 3. The molecule has 7 atom stereocenters. The number of hydrogen-bond acceptors (Lipinski definition) is 8. The van der Waals surface area contributed by atoms with E-state index in [0.29, 0.717) is 39.1 Å². The van der Waals surface area contributed by atoms with Gasteiger partial charge in [-0.05, 0) is 38.2 Å². The minimum absolute atomic E-state index is 0.0683. The zero-order chi connectivity index (χ0) is 27.8. The predicted molar refractivity (Wildman–Crippen MR) is 142 cm³/mol. The molecule has 2 amide bonds. The van der Waals surface area contributed by atoms with Gasteiger partial charge in [0.15, 0.2) is 0 Å². The highest BCUT2D eigenvalue weighted by molar-refractivity contribution is 5.98. The molecule has 4 saturated heterocycles. The summed E-state index contributed by atoms with van der Waals surface area (Å²) in [5.41, 5.74) is -1.15. The van der Waals surface area contributed by atoms with Crippen molar-refractivity contribution in [3.05, 3.63) is 35.9 Å². The minimum Gasteiger partial charge on any atom is -0.466 e. The lowest BCUT2D eigenvalue weighted by Crippen LogP contribution is -2.59. The van der Waals surface area contributed by atoms with Crippen LogP contribution in [0, 0.1) is 17.8 Å². The third kappa shape index (κ3) is 4.75. The second-order valence-corrected chi connectivity index (χ2v) is 11.5. The second kappa shape index (κ2) is 11.2. The van der Waals surface area contributed by atoms with E-state index in [1.54, 1.807) is 6.92 Å². The first-order valence-corrected chi connectivity index (χ1v) is 14.2. The van der Waals surface area contributed by atoms with Crippen molar-refractivity contribution in [1.82, 2.24) is 15.1 Å². The fraction of sp³-hybridized carbons (Fsp3) is 0.690. The maximum absolute atomic E-state index is 14.3. The number of benzene rings is 1. The number of aliphatic hydroxyl groups is 1. The number of aliphatic hydroxyl groups excluding tert-OH is 1. The van der Waals surface area contributed by atoms with E-state index in [1.807, 2.05) is 44.2 Å². The molecule has 2 N–H and O–H groups in total. The molecule has 4 aliphatic heterocycles. The van der Waals surface area contributed by atoms with Crippen LogP contribution < -0.4 is 5.32 Å². The highest BCUT2D eigenvalue weighted by atomic mass is 16.6. The van der Waals surface area contributed by atoms with E-state index in [9.17, 15) is 19.5 Å². The van der Waals surface area contributed by atoms with Crippen LogP contribution in [0.15, 0.2) is 30.3 Å². The second-order valence-electron chi connectivity index (χ2n) is 11.5. The highest BCUT2D eigenvalue weighted by Gasteiger charge is 2.80. The smallest absolute Gasteiger partial charge is 0.312 e. The number of amides is 2. The van der Waals surface area contributed by atoms with Gasteiger partial charge in [0.1, 0.15) is 17.6 Å². The number of rotatable bonds is 10. The number of carbonyl (C=O) groups is 3. The average Bonchev–Trinajstić information content (AvgIpc) is 3.45. The van der Waals surface area contributed by atoms with Crippen molar-refractivity contribution in [1.29, 1.82) is 0 Å². The number of fused-ring (bicyclic) bond motifs is 1. The fourth-order valence-corrected chi connectivity index (χ4v) is 7.36. The number of esters is 1. The number of hydrogen-bond donors (Lipinski definition) is 2. The van der Waals surface area contributed by atoms with Crippen LogP contribution in [0.25, 0.3) is 0 Å². The van der Waals surface area contributed by atoms with Crippen molar-refractivity contribution < 1.29 is 33.7 Å². The maximum Gasteiger partial charge on any atom is 0.312 e. The van der Waals surface area contributed by atoms with E-state index in [1.165, 1.54) is 4.90 Å². The summed E-state index contributed by atoms with van der Waals surface area (Å²) >= 11 is 0. The summed E-state index contributed by atoms with van der Waals surface area (Å²) in [5.74, 6) is -2.85. The highest BCUT2D eigenvalue weighted by Crippen LogP contribution is 2.65. The number of ether oxygens (including phenoxy) is 3. The van der Waals surface area contributed by atoms with Gasteiger partial charge in [0.2, 0.25) is 11.8 Å². The largest absolute Gasteiger partial charge is 0.466 e. The van der Waals surface area contributed by atoms with E-state index in [2.05, 4.69) is 10.2 Å². The minimum atomic E-state index is -1.17. The topological polar surface area (TPSA) is 118 Å². The Labute approximate surface area is 229 Å². The SMILES string of the molecule is CCOC(=O)[C@H]1[C@H]2C(=O)N([C@@H](CO)Cc3ccccc3)C(C(=O)NCCN3CCOCC3)C23CC(C)[C@]1(C)O3. The number of nitrogens with zero attached hydrogens (tertiary/aromatic N) is 2. The van der Waals surface area contributed by atoms with Gasteiger partial charge in [-0.3, -0.25) is 19.3 Å². The van der Waals surface area contributed by atoms with Crippen LogP contribution in [0.4, 0.5) is 0 Å². The van der Waals surface area contributed by atoms with Crippen LogP contribution in [-0.4, -0.2) is 109 Å². The van der Waals surface area contributed by atoms with Crippen LogP contribution in [-0.2, 0) is 35.0 Å². The molecule has 2 bridgehead atoms. The molecule has 0 aliphatic carbocycles. The molecule has 10 nitrogen and oxygen atoms in total. The lowest BCUT2D eigenvalue weighted by atomic mass is 9.62. The molecule has 1 aromatic carbocycles. The molecule has 4 heterocycles. The molecule has 4 aliphatic rings. The molecule has 3 unspecified atom stereocenters. The Kier molecular flexibility index (Phi) is 8.01. The van der Waals surface area contributed by atoms with Gasteiger partial charge in [-0.2, -0.15) is 0 Å². The van der Waals surface area contributed by atoms with E-state index in [4.69, 9.17) is 14.2 Å². The average molecular weight is 544 g/mol. The van der Waals surface area contributed by atoms with Crippen molar-refractivity contribution in [2.75, 3.05) is 52.6 Å². The molecular formula is C29H41N3O7. The summed E-state index contributed by atoms with van der Waals surface area (Å²) in [6.45, 7) is 9.50. The van der Waals surface area contributed by atoms with E-state index in [0.717, 1.165) is 18.7 Å². The van der Waals surface area contributed by atoms with Crippen LogP contribution in [0.3, 0.4) is 0 Å². The fourth-order valence-electron chi connectivity index (χ4n) is 7.36. The molecule has 214 valence electrons. The summed E-state index contributed by atoms with van der Waals surface area (Å²) in [4.78, 5) is 45.4. The number of morpholine rings is 1. The summed E-state index contributed by atoms with van der Waals surface area (Å²) in [7, 11) is 0. The lowest BCUT2D eigenvalue weighted by Gasteiger charge is -2.37. The predicted octanol–water partition coefficient (Wildman–Crippen LogP) is 0.612. The Hall–Kier alpha value is -2.53. The molecule has 10 heteroatoms. The lowest BCUT2D eigenvalue weighted by molar-refractivity contribution is -0.162. The molecule has 0 radical (unpaired) electrons. The summed E-state index contributed by atoms with van der Waals surface area (Å²) in [6, 6.07) is 7.97. The Morgan fingerprint density at radius 2 is 1.95 bits per heavy atom. The van der Waals surface area contributed by atoms with Crippen molar-refractivity contribution >= 4 is 17.8 Å². The molecule has 39 heavy (non-hydrogen) atoms. The summed E-state index contributed by atoms with van der Waals surface area (Å²) in [5, 5.41) is 13.6. The summed E-state index contributed by atoms with van der Waals surface area (Å²) < 4.78 is 17.6. The third-order valence-electron chi connectivity index (χ3n) is 9.29. The Morgan fingerprint density at radius 1 is 1.23 bits per heavy atom. The molecular weight excluding hydrogens is 502 g/mol. The van der Waals surface area contributed by atoms with Crippen LogP contribution >= 0.6 is 0 Å². The van der Waals surface area contributed by atoms with Gasteiger partial charge in [0, 0.05) is 26.2 Å². The van der Waals surface area contributed by atoms with E-state index >= 15 is 0 Å². The molecule has 1 spiro atoms. The van der Waals surface area contributed by atoms with E-state index in [-0.39, 0.29) is 30.9 Å². The Bertz CT molecular complexity index is 1060.